The molecule has 0 aliphatic heterocycles. The Kier molecular flexibility index (Phi) is 7.97. The number of ether oxygens (including phenoxy) is 1. The van der Waals surface area contributed by atoms with Gasteiger partial charge in [-0.2, -0.15) is 0 Å². The molecule has 0 spiro atoms. The Hall–Kier alpha value is -2.10. The van der Waals surface area contributed by atoms with Gasteiger partial charge >= 0.3 is 0 Å². The number of rotatable bonds is 7. The average Bonchev–Trinajstić information content (AvgIpc) is 2.80. The van der Waals surface area contributed by atoms with Gasteiger partial charge in [0.05, 0.1) is 6.54 Å². The lowest BCUT2D eigenvalue weighted by molar-refractivity contribution is 0.233. The summed E-state index contributed by atoms with van der Waals surface area (Å²) in [6.45, 7) is 7.84. The van der Waals surface area contributed by atoms with Crippen molar-refractivity contribution in [1.29, 1.82) is 0 Å². The number of nitrogens with two attached hydrogens (primary N) is 1. The Labute approximate surface area is 132 Å². The number of nitrogens with zero attached hydrogens (tertiary/aromatic N) is 1. The van der Waals surface area contributed by atoms with E-state index >= 15 is 0 Å². The molecule has 0 heterocycles. The third kappa shape index (κ3) is 6.12. The molecule has 4 heteroatoms. The van der Waals surface area contributed by atoms with E-state index in [4.69, 9.17) is 10.5 Å². The molecule has 1 aliphatic carbocycles. The molecule has 0 amide bonds. The minimum Gasteiger partial charge on any atom is -0.490 e. The van der Waals surface area contributed by atoms with E-state index < -0.39 is 5.83 Å². The molecule has 0 radical (unpaired) electrons. The molecule has 22 heavy (non-hydrogen) atoms. The highest BCUT2D eigenvalue weighted by Crippen LogP contribution is 2.19. The second-order valence-corrected chi connectivity index (χ2v) is 5.10. The van der Waals surface area contributed by atoms with Crippen LogP contribution in [0.3, 0.4) is 0 Å². The zero-order valence-electron chi connectivity index (χ0n) is 13.4. The van der Waals surface area contributed by atoms with Crippen LogP contribution in [-0.2, 0) is 4.74 Å². The van der Waals surface area contributed by atoms with Crippen LogP contribution in [0.15, 0.2) is 64.8 Å². The van der Waals surface area contributed by atoms with Gasteiger partial charge in [-0.25, -0.2) is 4.39 Å². The number of halogens is 1. The van der Waals surface area contributed by atoms with Crippen molar-refractivity contribution in [1.82, 2.24) is 0 Å². The Morgan fingerprint density at radius 3 is 2.95 bits per heavy atom. The molecule has 0 saturated carbocycles. The number of hydrogen-bond acceptors (Lipinski definition) is 3. The summed E-state index contributed by atoms with van der Waals surface area (Å²) in [7, 11) is 0. The van der Waals surface area contributed by atoms with Crippen LogP contribution >= 0.6 is 0 Å². The third-order valence-corrected chi connectivity index (χ3v) is 3.35. The average molecular weight is 304 g/mol. The molecule has 1 rings (SSSR count). The molecule has 0 saturated heterocycles. The van der Waals surface area contributed by atoms with Crippen LogP contribution in [0.2, 0.25) is 0 Å². The maximum Gasteiger partial charge on any atom is 0.168 e. The van der Waals surface area contributed by atoms with Gasteiger partial charge < -0.3 is 10.5 Å². The molecule has 0 bridgehead atoms. The normalized spacial score (nSPS) is 17.0. The van der Waals surface area contributed by atoms with E-state index in [9.17, 15) is 4.39 Å². The standard InChI is InChI=1S/C18H25FN2O/c1-14(15(2)21-12-8-11-20)18(19)16(3)22-13-17-9-6-4-5-7-10-17/h6,8-11H,1,4-5,7,12-13,20H2,2-3H3/b11-8+,18-16-,21-15?. The van der Waals surface area contributed by atoms with Crippen molar-refractivity contribution >= 4 is 5.71 Å². The minimum absolute atomic E-state index is 0.229. The third-order valence-electron chi connectivity index (χ3n) is 3.35. The summed E-state index contributed by atoms with van der Waals surface area (Å²) in [4.78, 5) is 4.18. The highest BCUT2D eigenvalue weighted by atomic mass is 19.1. The maximum atomic E-state index is 14.3. The summed E-state index contributed by atoms with van der Waals surface area (Å²) in [5.41, 5.74) is 7.09. The van der Waals surface area contributed by atoms with E-state index in [-0.39, 0.29) is 11.3 Å². The highest BCUT2D eigenvalue weighted by Gasteiger charge is 2.11. The largest absolute Gasteiger partial charge is 0.490 e. The molecule has 1 aliphatic rings. The molecule has 0 atom stereocenters. The van der Waals surface area contributed by atoms with Crippen molar-refractivity contribution in [3.63, 3.8) is 0 Å². The van der Waals surface area contributed by atoms with Crippen LogP contribution in [0.1, 0.15) is 33.1 Å². The van der Waals surface area contributed by atoms with Crippen LogP contribution in [0.4, 0.5) is 4.39 Å². The minimum atomic E-state index is -0.462. The first-order valence-electron chi connectivity index (χ1n) is 7.48. The van der Waals surface area contributed by atoms with Gasteiger partial charge in [0.15, 0.2) is 5.83 Å². The van der Waals surface area contributed by atoms with Crippen LogP contribution in [0, 0.1) is 0 Å². The molecule has 3 nitrogen and oxygen atoms in total. The van der Waals surface area contributed by atoms with Gasteiger partial charge in [-0.15, -0.1) is 0 Å². The van der Waals surface area contributed by atoms with Gasteiger partial charge in [-0.05, 0) is 51.0 Å². The predicted octanol–water partition coefficient (Wildman–Crippen LogP) is 4.36. The molecule has 120 valence electrons. The number of hydrogen-bond donors (Lipinski definition) is 1. The summed E-state index contributed by atoms with van der Waals surface area (Å²) in [5, 5.41) is 0. The first-order chi connectivity index (χ1) is 10.6. The van der Waals surface area contributed by atoms with Gasteiger partial charge in [0.2, 0.25) is 0 Å². The predicted molar refractivity (Wildman–Crippen MR) is 91.3 cm³/mol. The van der Waals surface area contributed by atoms with E-state index in [1.807, 2.05) is 6.08 Å². The molecule has 0 aromatic heterocycles. The molecule has 0 fully saturated rings. The Bertz CT molecular complexity index is 539. The maximum absolute atomic E-state index is 14.3. The van der Waals surface area contributed by atoms with E-state index in [0.29, 0.717) is 18.9 Å². The van der Waals surface area contributed by atoms with E-state index in [0.717, 1.165) is 24.8 Å². The van der Waals surface area contributed by atoms with E-state index in [1.165, 1.54) is 6.20 Å². The Morgan fingerprint density at radius 1 is 1.45 bits per heavy atom. The Morgan fingerprint density at radius 2 is 2.23 bits per heavy atom. The van der Waals surface area contributed by atoms with Gasteiger partial charge in [-0.3, -0.25) is 4.99 Å². The molecule has 0 unspecified atom stereocenters. The lowest BCUT2D eigenvalue weighted by Gasteiger charge is -2.10. The zero-order valence-corrected chi connectivity index (χ0v) is 13.4. The molecular weight excluding hydrogens is 279 g/mol. The second-order valence-electron chi connectivity index (χ2n) is 5.10. The van der Waals surface area contributed by atoms with Crippen molar-refractivity contribution in [2.45, 2.75) is 33.1 Å². The SMILES string of the molecule is C=C(C(C)=NC/C=C/N)/C(F)=C(\C)OCC1=CCCCC=C1. The number of aliphatic imine (C=N–C) groups is 1. The zero-order chi connectivity index (χ0) is 16.4. The van der Waals surface area contributed by atoms with E-state index in [2.05, 4.69) is 23.7 Å². The fourth-order valence-corrected chi connectivity index (χ4v) is 1.91. The van der Waals surface area contributed by atoms with Crippen LogP contribution < -0.4 is 5.73 Å². The Balaban J connectivity index is 2.65. The summed E-state index contributed by atoms with van der Waals surface area (Å²) >= 11 is 0. The summed E-state index contributed by atoms with van der Waals surface area (Å²) in [6, 6.07) is 0. The smallest absolute Gasteiger partial charge is 0.168 e. The second kappa shape index (κ2) is 9.77. The van der Waals surface area contributed by atoms with Crippen LogP contribution in [0.25, 0.3) is 0 Å². The van der Waals surface area contributed by atoms with Gasteiger partial charge in [-0.1, -0.05) is 24.8 Å². The molecule has 2 N–H and O–H groups in total. The summed E-state index contributed by atoms with van der Waals surface area (Å²) < 4.78 is 19.8. The van der Waals surface area contributed by atoms with Crippen LogP contribution in [-0.4, -0.2) is 18.9 Å². The first kappa shape index (κ1) is 18.0. The topological polar surface area (TPSA) is 47.6 Å². The lowest BCUT2D eigenvalue weighted by Crippen LogP contribution is -2.03. The number of allylic oxidation sites excluding steroid dienone is 5. The van der Waals surface area contributed by atoms with Crippen LogP contribution in [0.5, 0.6) is 0 Å². The quantitative estimate of drug-likeness (QED) is 0.431. The van der Waals surface area contributed by atoms with Crippen molar-refractivity contribution < 1.29 is 9.13 Å². The van der Waals surface area contributed by atoms with Gasteiger partial charge in [0.25, 0.3) is 0 Å². The van der Waals surface area contributed by atoms with Gasteiger partial charge in [0, 0.05) is 11.3 Å². The van der Waals surface area contributed by atoms with Crippen molar-refractivity contribution in [3.05, 3.63) is 59.8 Å². The summed E-state index contributed by atoms with van der Waals surface area (Å²) in [6.07, 6.45) is 12.6. The fourth-order valence-electron chi connectivity index (χ4n) is 1.91. The van der Waals surface area contributed by atoms with E-state index in [1.54, 1.807) is 19.9 Å². The summed E-state index contributed by atoms with van der Waals surface area (Å²) in [5.74, 6) is -0.233. The van der Waals surface area contributed by atoms with Gasteiger partial charge in [0.1, 0.15) is 12.4 Å². The highest BCUT2D eigenvalue weighted by molar-refractivity contribution is 6.01. The molecular formula is C18H25FN2O. The monoisotopic (exact) mass is 304 g/mol. The first-order valence-corrected chi connectivity index (χ1v) is 7.48. The molecule has 0 aromatic rings. The molecule has 0 aromatic carbocycles. The van der Waals surface area contributed by atoms with Crippen molar-refractivity contribution in [2.75, 3.05) is 13.2 Å². The van der Waals surface area contributed by atoms with Crippen molar-refractivity contribution in [3.8, 4) is 0 Å². The van der Waals surface area contributed by atoms with Crippen molar-refractivity contribution in [2.24, 2.45) is 10.7 Å². The fraction of sp³-hybridized carbons (Fsp3) is 0.389. The lowest BCUT2D eigenvalue weighted by atomic mass is 10.1.